The lowest BCUT2D eigenvalue weighted by atomic mass is 10.2. The van der Waals surface area contributed by atoms with E-state index in [0.717, 1.165) is 12.2 Å². The summed E-state index contributed by atoms with van der Waals surface area (Å²) in [6.07, 6.45) is 4.67. The second-order valence-corrected chi connectivity index (χ2v) is 5.14. The highest BCUT2D eigenvalue weighted by Crippen LogP contribution is 2.20. The normalized spacial score (nSPS) is 10.2. The second kappa shape index (κ2) is 8.88. The van der Waals surface area contributed by atoms with Gasteiger partial charge >= 0.3 is 5.97 Å². The van der Waals surface area contributed by atoms with Crippen LogP contribution in [0.15, 0.2) is 54.6 Å². The lowest BCUT2D eigenvalue weighted by molar-refractivity contribution is 0.0734. The van der Waals surface area contributed by atoms with Crippen molar-refractivity contribution in [1.82, 2.24) is 0 Å². The van der Waals surface area contributed by atoms with Crippen LogP contribution in [0.3, 0.4) is 0 Å². The first-order chi connectivity index (χ1) is 10.8. The molecule has 0 atom stereocenters. The minimum atomic E-state index is -0.360. The van der Waals surface area contributed by atoms with Crippen molar-refractivity contribution in [2.45, 2.75) is 32.6 Å². The van der Waals surface area contributed by atoms with Gasteiger partial charge in [0.25, 0.3) is 0 Å². The van der Waals surface area contributed by atoms with Crippen molar-refractivity contribution in [1.29, 1.82) is 0 Å². The maximum absolute atomic E-state index is 12.0. The largest absolute Gasteiger partial charge is 0.493 e. The number of benzene rings is 2. The van der Waals surface area contributed by atoms with E-state index in [2.05, 4.69) is 6.92 Å². The van der Waals surface area contributed by atoms with Crippen molar-refractivity contribution in [2.75, 3.05) is 6.61 Å². The Labute approximate surface area is 131 Å². The molecule has 0 radical (unpaired) electrons. The van der Waals surface area contributed by atoms with Gasteiger partial charge < -0.3 is 9.47 Å². The van der Waals surface area contributed by atoms with Gasteiger partial charge in [-0.15, -0.1) is 0 Å². The molecule has 0 spiro atoms. The predicted octanol–water partition coefficient (Wildman–Crippen LogP) is 4.86. The maximum atomic E-state index is 12.0. The summed E-state index contributed by atoms with van der Waals surface area (Å²) in [5, 5.41) is 0. The van der Waals surface area contributed by atoms with Crippen molar-refractivity contribution in [3.63, 3.8) is 0 Å². The molecule has 0 aliphatic rings. The standard InChI is InChI=1S/C19H22O3/c1-2-3-4-8-14-21-17-12-9-13-18(15-17)22-19(20)16-10-6-5-7-11-16/h5-7,9-13,15H,2-4,8,14H2,1H3. The topological polar surface area (TPSA) is 35.5 Å². The first kappa shape index (κ1) is 16.1. The third-order valence-electron chi connectivity index (χ3n) is 3.29. The van der Waals surface area contributed by atoms with Gasteiger partial charge in [-0.25, -0.2) is 4.79 Å². The van der Waals surface area contributed by atoms with Crippen molar-refractivity contribution in [3.8, 4) is 11.5 Å². The van der Waals surface area contributed by atoms with Crippen LogP contribution < -0.4 is 9.47 Å². The molecular weight excluding hydrogens is 276 g/mol. The van der Waals surface area contributed by atoms with Crippen LogP contribution in [0, 0.1) is 0 Å². The molecule has 116 valence electrons. The molecular formula is C19H22O3. The molecule has 0 saturated carbocycles. The quantitative estimate of drug-likeness (QED) is 0.396. The molecule has 0 amide bonds. The molecule has 3 nitrogen and oxygen atoms in total. The van der Waals surface area contributed by atoms with Gasteiger partial charge in [-0.1, -0.05) is 50.5 Å². The number of hydrogen-bond acceptors (Lipinski definition) is 3. The van der Waals surface area contributed by atoms with Gasteiger partial charge in [0.15, 0.2) is 0 Å². The van der Waals surface area contributed by atoms with Crippen molar-refractivity contribution in [3.05, 3.63) is 60.2 Å². The summed E-state index contributed by atoms with van der Waals surface area (Å²) < 4.78 is 11.1. The monoisotopic (exact) mass is 298 g/mol. The number of carbonyl (C=O) groups is 1. The van der Waals surface area contributed by atoms with Gasteiger partial charge in [0.2, 0.25) is 0 Å². The summed E-state index contributed by atoms with van der Waals surface area (Å²) in [4.78, 5) is 12.0. The molecule has 22 heavy (non-hydrogen) atoms. The van der Waals surface area contributed by atoms with Crippen LogP contribution in [-0.4, -0.2) is 12.6 Å². The van der Waals surface area contributed by atoms with Crippen LogP contribution in [0.2, 0.25) is 0 Å². The average molecular weight is 298 g/mol. The van der Waals surface area contributed by atoms with Gasteiger partial charge in [-0.2, -0.15) is 0 Å². The van der Waals surface area contributed by atoms with Crippen LogP contribution in [0.5, 0.6) is 11.5 Å². The number of rotatable bonds is 8. The van der Waals surface area contributed by atoms with E-state index in [0.29, 0.717) is 17.9 Å². The molecule has 0 bridgehead atoms. The summed E-state index contributed by atoms with van der Waals surface area (Å²) in [6, 6.07) is 16.2. The molecule has 0 heterocycles. The Bertz CT molecular complexity index is 578. The zero-order valence-electron chi connectivity index (χ0n) is 13.0. The van der Waals surface area contributed by atoms with E-state index >= 15 is 0 Å². The Kier molecular flexibility index (Phi) is 6.49. The fourth-order valence-electron chi connectivity index (χ4n) is 2.09. The van der Waals surface area contributed by atoms with Gasteiger partial charge in [0.05, 0.1) is 12.2 Å². The van der Waals surface area contributed by atoms with E-state index < -0.39 is 0 Å². The predicted molar refractivity (Wildman–Crippen MR) is 87.5 cm³/mol. The van der Waals surface area contributed by atoms with E-state index in [4.69, 9.17) is 9.47 Å². The average Bonchev–Trinajstić information content (AvgIpc) is 2.56. The molecule has 2 rings (SSSR count). The van der Waals surface area contributed by atoms with Crippen molar-refractivity contribution >= 4 is 5.97 Å². The van der Waals surface area contributed by atoms with E-state index in [1.54, 1.807) is 24.3 Å². The van der Waals surface area contributed by atoms with Gasteiger partial charge in [0, 0.05) is 6.07 Å². The van der Waals surface area contributed by atoms with Gasteiger partial charge in [-0.05, 0) is 30.7 Å². The first-order valence-corrected chi connectivity index (χ1v) is 7.79. The Hall–Kier alpha value is -2.29. The van der Waals surface area contributed by atoms with Crippen LogP contribution >= 0.6 is 0 Å². The van der Waals surface area contributed by atoms with E-state index in [9.17, 15) is 4.79 Å². The molecule has 0 aliphatic heterocycles. The minimum absolute atomic E-state index is 0.360. The molecule has 0 aliphatic carbocycles. The maximum Gasteiger partial charge on any atom is 0.343 e. The molecule has 0 saturated heterocycles. The fourth-order valence-corrected chi connectivity index (χ4v) is 2.09. The summed E-state index contributed by atoms with van der Waals surface area (Å²) in [5.74, 6) is 0.871. The van der Waals surface area contributed by atoms with E-state index in [1.807, 2.05) is 30.3 Å². The van der Waals surface area contributed by atoms with E-state index in [1.165, 1.54) is 19.3 Å². The lowest BCUT2D eigenvalue weighted by Crippen LogP contribution is -2.08. The Morgan fingerprint density at radius 2 is 1.68 bits per heavy atom. The summed E-state index contributed by atoms with van der Waals surface area (Å²) in [6.45, 7) is 2.88. The highest BCUT2D eigenvalue weighted by molar-refractivity contribution is 5.90. The van der Waals surface area contributed by atoms with E-state index in [-0.39, 0.29) is 5.97 Å². The number of esters is 1. The molecule has 0 fully saturated rings. The summed E-state index contributed by atoms with van der Waals surface area (Å²) in [7, 11) is 0. The van der Waals surface area contributed by atoms with Crippen LogP contribution in [-0.2, 0) is 0 Å². The van der Waals surface area contributed by atoms with Crippen molar-refractivity contribution < 1.29 is 14.3 Å². The SMILES string of the molecule is CCCCCCOc1cccc(OC(=O)c2ccccc2)c1. The van der Waals surface area contributed by atoms with Crippen molar-refractivity contribution in [2.24, 2.45) is 0 Å². The van der Waals surface area contributed by atoms with Gasteiger partial charge in [-0.3, -0.25) is 0 Å². The minimum Gasteiger partial charge on any atom is -0.493 e. The molecule has 2 aromatic carbocycles. The number of carbonyl (C=O) groups excluding carboxylic acids is 1. The summed E-state index contributed by atoms with van der Waals surface area (Å²) in [5.41, 5.74) is 0.536. The fraction of sp³-hybridized carbons (Fsp3) is 0.316. The van der Waals surface area contributed by atoms with Gasteiger partial charge in [0.1, 0.15) is 11.5 Å². The number of unbranched alkanes of at least 4 members (excludes halogenated alkanes) is 3. The third kappa shape index (κ3) is 5.24. The smallest absolute Gasteiger partial charge is 0.343 e. The highest BCUT2D eigenvalue weighted by atomic mass is 16.5. The molecule has 0 N–H and O–H groups in total. The number of hydrogen-bond donors (Lipinski definition) is 0. The lowest BCUT2D eigenvalue weighted by Gasteiger charge is -2.08. The zero-order valence-corrected chi connectivity index (χ0v) is 13.0. The molecule has 2 aromatic rings. The first-order valence-electron chi connectivity index (χ1n) is 7.79. The highest BCUT2D eigenvalue weighted by Gasteiger charge is 2.08. The summed E-state index contributed by atoms with van der Waals surface area (Å²) >= 11 is 0. The van der Waals surface area contributed by atoms with Crippen LogP contribution in [0.1, 0.15) is 43.0 Å². The zero-order chi connectivity index (χ0) is 15.6. The molecule has 0 aromatic heterocycles. The second-order valence-electron chi connectivity index (χ2n) is 5.14. The Balaban J connectivity index is 1.87. The number of ether oxygens (including phenoxy) is 2. The Morgan fingerprint density at radius 1 is 0.909 bits per heavy atom. The van der Waals surface area contributed by atoms with Crippen LogP contribution in [0.25, 0.3) is 0 Å². The third-order valence-corrected chi connectivity index (χ3v) is 3.29. The molecule has 0 unspecified atom stereocenters. The molecule has 3 heteroatoms. The van der Waals surface area contributed by atoms with Crippen LogP contribution in [0.4, 0.5) is 0 Å². The Morgan fingerprint density at radius 3 is 2.45 bits per heavy atom.